The summed E-state index contributed by atoms with van der Waals surface area (Å²) in [7, 11) is 1.69. The number of hydrogen-bond acceptors (Lipinski definition) is 5. The van der Waals surface area contributed by atoms with Crippen LogP contribution in [0.25, 0.3) is 16.3 Å². The lowest BCUT2D eigenvalue weighted by atomic mass is 9.97. The number of aromatic amines is 1. The van der Waals surface area contributed by atoms with E-state index in [9.17, 15) is 4.79 Å². The Morgan fingerprint density at radius 2 is 2.03 bits per heavy atom. The van der Waals surface area contributed by atoms with E-state index in [0.717, 1.165) is 45.4 Å². The number of benzene rings is 1. The van der Waals surface area contributed by atoms with Gasteiger partial charge in [-0.3, -0.25) is 9.78 Å². The monoisotopic (exact) mass is 452 g/mol. The summed E-state index contributed by atoms with van der Waals surface area (Å²) in [6.45, 7) is 1.20. The minimum Gasteiger partial charge on any atom is -0.384 e. The molecule has 34 heavy (non-hydrogen) atoms. The van der Waals surface area contributed by atoms with Crippen molar-refractivity contribution in [3.63, 3.8) is 0 Å². The van der Waals surface area contributed by atoms with Gasteiger partial charge in [-0.05, 0) is 29.5 Å². The van der Waals surface area contributed by atoms with Crippen LogP contribution in [0, 0.1) is 0 Å². The van der Waals surface area contributed by atoms with Crippen molar-refractivity contribution in [2.45, 2.75) is 18.9 Å². The predicted molar refractivity (Wildman–Crippen MR) is 128 cm³/mol. The zero-order valence-corrected chi connectivity index (χ0v) is 18.8. The molecule has 0 saturated carbocycles. The fourth-order valence-corrected chi connectivity index (χ4v) is 4.76. The third-order valence-corrected chi connectivity index (χ3v) is 6.52. The number of fused-ring (bicyclic) bond motifs is 3. The van der Waals surface area contributed by atoms with Gasteiger partial charge in [0, 0.05) is 43.5 Å². The predicted octanol–water partition coefficient (Wildman–Crippen LogP) is 3.58. The zero-order chi connectivity index (χ0) is 23.1. The van der Waals surface area contributed by atoms with E-state index in [4.69, 9.17) is 9.72 Å². The fourth-order valence-electron chi connectivity index (χ4n) is 4.76. The summed E-state index contributed by atoms with van der Waals surface area (Å²) >= 11 is 0. The Balaban J connectivity index is 1.40. The van der Waals surface area contributed by atoms with Crippen molar-refractivity contribution in [3.05, 3.63) is 95.6 Å². The SMILES string of the molecule is COCCc1ccc2c(C(=O)N3CCc4[nH]cnc4[C@H]3c3cc4ccccc4cn3)cnn2c1. The van der Waals surface area contributed by atoms with Crippen LogP contribution < -0.4 is 0 Å². The smallest absolute Gasteiger partial charge is 0.258 e. The Morgan fingerprint density at radius 3 is 2.91 bits per heavy atom. The average molecular weight is 453 g/mol. The van der Waals surface area contributed by atoms with Gasteiger partial charge in [0.25, 0.3) is 5.91 Å². The second-order valence-corrected chi connectivity index (χ2v) is 8.54. The van der Waals surface area contributed by atoms with Gasteiger partial charge in [-0.2, -0.15) is 5.10 Å². The van der Waals surface area contributed by atoms with E-state index in [2.05, 4.69) is 27.2 Å². The lowest BCUT2D eigenvalue weighted by molar-refractivity contribution is 0.0689. The quantitative estimate of drug-likeness (QED) is 0.440. The van der Waals surface area contributed by atoms with Crippen molar-refractivity contribution < 1.29 is 9.53 Å². The van der Waals surface area contributed by atoms with Crippen LogP contribution in [0.4, 0.5) is 0 Å². The van der Waals surface area contributed by atoms with Gasteiger partial charge in [0.05, 0.1) is 41.6 Å². The number of carbonyl (C=O) groups is 1. The number of nitrogens with zero attached hydrogens (tertiary/aromatic N) is 5. The second-order valence-electron chi connectivity index (χ2n) is 8.54. The highest BCUT2D eigenvalue weighted by atomic mass is 16.5. The number of aromatic nitrogens is 5. The summed E-state index contributed by atoms with van der Waals surface area (Å²) in [6, 6.07) is 13.8. The lowest BCUT2D eigenvalue weighted by Gasteiger charge is -2.34. The topological polar surface area (TPSA) is 88.4 Å². The van der Waals surface area contributed by atoms with Gasteiger partial charge in [-0.25, -0.2) is 9.50 Å². The molecule has 0 spiro atoms. The number of pyridine rings is 2. The van der Waals surface area contributed by atoms with Gasteiger partial charge in [0.15, 0.2) is 0 Å². The maximum Gasteiger partial charge on any atom is 0.258 e. The molecule has 170 valence electrons. The molecular weight excluding hydrogens is 428 g/mol. The first-order valence-corrected chi connectivity index (χ1v) is 11.4. The van der Waals surface area contributed by atoms with Gasteiger partial charge in [-0.15, -0.1) is 0 Å². The number of H-pyrrole nitrogens is 1. The van der Waals surface area contributed by atoms with E-state index in [-0.39, 0.29) is 11.9 Å². The molecule has 1 N–H and O–H groups in total. The van der Waals surface area contributed by atoms with Crippen molar-refractivity contribution >= 4 is 22.2 Å². The lowest BCUT2D eigenvalue weighted by Crippen LogP contribution is -2.41. The summed E-state index contributed by atoms with van der Waals surface area (Å²) in [4.78, 5) is 28.3. The van der Waals surface area contributed by atoms with E-state index < -0.39 is 0 Å². The molecular formula is C26H24N6O2. The van der Waals surface area contributed by atoms with Crippen molar-refractivity contribution in [1.29, 1.82) is 0 Å². The molecule has 4 aromatic heterocycles. The molecule has 0 aliphatic carbocycles. The Hall–Kier alpha value is -4.04. The largest absolute Gasteiger partial charge is 0.384 e. The second kappa shape index (κ2) is 8.39. The standard InChI is InChI=1S/C26H24N6O2/c1-34-11-9-17-6-7-23-20(14-30-32(23)15-17)26(33)31-10-8-21-24(29-16-28-21)25(31)22-12-18-4-2-3-5-19(18)13-27-22/h2-7,12-16,25H,8-11H2,1H3,(H,28,29)/t25-/m1/s1. The Morgan fingerprint density at radius 1 is 1.15 bits per heavy atom. The number of methoxy groups -OCH3 is 1. The number of hydrogen-bond donors (Lipinski definition) is 1. The van der Waals surface area contributed by atoms with Gasteiger partial charge in [0.1, 0.15) is 6.04 Å². The maximum atomic E-state index is 13.9. The minimum atomic E-state index is -0.372. The molecule has 1 aliphatic heterocycles. The first-order valence-electron chi connectivity index (χ1n) is 11.4. The molecule has 8 nitrogen and oxygen atoms in total. The first kappa shape index (κ1) is 20.6. The van der Waals surface area contributed by atoms with Crippen LogP contribution in [-0.4, -0.2) is 55.6 Å². The van der Waals surface area contributed by atoms with E-state index in [1.54, 1.807) is 24.1 Å². The summed E-state index contributed by atoms with van der Waals surface area (Å²) in [5.41, 5.74) is 5.16. The molecule has 5 heterocycles. The Bertz CT molecular complexity index is 1500. The van der Waals surface area contributed by atoms with E-state index >= 15 is 0 Å². The van der Waals surface area contributed by atoms with Crippen LogP contribution >= 0.6 is 0 Å². The van der Waals surface area contributed by atoms with Crippen LogP contribution in [0.3, 0.4) is 0 Å². The zero-order valence-electron chi connectivity index (χ0n) is 18.8. The molecule has 0 fully saturated rings. The van der Waals surface area contributed by atoms with Gasteiger partial charge >= 0.3 is 0 Å². The first-order chi connectivity index (χ1) is 16.7. The average Bonchev–Trinajstić information content (AvgIpc) is 3.53. The molecule has 8 heteroatoms. The Labute approximate surface area is 196 Å². The van der Waals surface area contributed by atoms with Crippen molar-refractivity contribution in [2.75, 3.05) is 20.3 Å². The highest BCUT2D eigenvalue weighted by molar-refractivity contribution is 6.01. The summed E-state index contributed by atoms with van der Waals surface area (Å²) in [5.74, 6) is -0.0757. The van der Waals surface area contributed by atoms with Gasteiger partial charge in [0.2, 0.25) is 0 Å². The molecule has 1 amide bonds. The molecule has 5 aromatic rings. The Kier molecular flexibility index (Phi) is 5.07. The fraction of sp³-hybridized carbons (Fsp3) is 0.231. The number of carbonyl (C=O) groups excluding carboxylic acids is 1. The van der Waals surface area contributed by atoms with Crippen molar-refractivity contribution in [3.8, 4) is 0 Å². The van der Waals surface area contributed by atoms with Crippen molar-refractivity contribution in [2.24, 2.45) is 0 Å². The third kappa shape index (κ3) is 3.43. The summed E-state index contributed by atoms with van der Waals surface area (Å²) in [5, 5.41) is 6.62. The third-order valence-electron chi connectivity index (χ3n) is 6.52. The highest BCUT2D eigenvalue weighted by Crippen LogP contribution is 2.35. The van der Waals surface area contributed by atoms with Crippen LogP contribution in [0.1, 0.15) is 39.0 Å². The maximum absolute atomic E-state index is 13.9. The van der Waals surface area contributed by atoms with E-state index in [1.165, 1.54) is 0 Å². The molecule has 0 radical (unpaired) electrons. The van der Waals surface area contributed by atoms with Crippen LogP contribution in [0.5, 0.6) is 0 Å². The molecule has 0 saturated heterocycles. The van der Waals surface area contributed by atoms with E-state index in [0.29, 0.717) is 25.1 Å². The van der Waals surface area contributed by atoms with Crippen LogP contribution in [-0.2, 0) is 17.6 Å². The normalized spacial score (nSPS) is 15.7. The van der Waals surface area contributed by atoms with Crippen LogP contribution in [0.15, 0.2) is 67.4 Å². The van der Waals surface area contributed by atoms with Crippen LogP contribution in [0.2, 0.25) is 0 Å². The molecule has 0 unspecified atom stereocenters. The van der Waals surface area contributed by atoms with Crippen molar-refractivity contribution in [1.82, 2.24) is 29.5 Å². The molecule has 6 rings (SSSR count). The number of ether oxygens (including phenoxy) is 1. The minimum absolute atomic E-state index is 0.0757. The molecule has 1 atom stereocenters. The number of rotatable bonds is 5. The highest BCUT2D eigenvalue weighted by Gasteiger charge is 2.36. The molecule has 1 aromatic carbocycles. The number of nitrogens with one attached hydrogen (secondary N) is 1. The molecule has 0 bridgehead atoms. The number of imidazole rings is 1. The van der Waals surface area contributed by atoms with E-state index in [1.807, 2.05) is 47.6 Å². The molecule has 1 aliphatic rings. The summed E-state index contributed by atoms with van der Waals surface area (Å²) in [6.07, 6.45) is 8.68. The van der Waals surface area contributed by atoms with Gasteiger partial charge in [-0.1, -0.05) is 30.3 Å². The summed E-state index contributed by atoms with van der Waals surface area (Å²) < 4.78 is 6.95. The van der Waals surface area contributed by atoms with Gasteiger partial charge < -0.3 is 14.6 Å². The number of amides is 1.